The second-order valence-corrected chi connectivity index (χ2v) is 19.6. The van der Waals surface area contributed by atoms with Crippen LogP contribution in [0.4, 0.5) is 0 Å². The molecule has 0 aliphatic carbocycles. The number of Topliss-reactive ketones (excluding diaryl/α,β-unsaturated/α-hetero) is 1. The maximum absolute atomic E-state index is 13.4. The zero-order valence-electron chi connectivity index (χ0n) is 41.5. The van der Waals surface area contributed by atoms with Gasteiger partial charge in [0, 0.05) is 47.7 Å². The highest BCUT2D eigenvalue weighted by molar-refractivity contribution is 6.31. The second kappa shape index (κ2) is 23.0. The molecule has 0 radical (unpaired) electrons. The molecule has 0 amide bonds. The van der Waals surface area contributed by atoms with Crippen LogP contribution in [0, 0.1) is 29.6 Å². The Morgan fingerprint density at radius 1 is 0.881 bits per heavy atom. The minimum atomic E-state index is -3.20. The molecule has 5 aliphatic rings. The number of hydrogen-bond acceptors (Lipinski definition) is 11. The number of nitrogens with one attached hydrogen (secondary N) is 1. The first-order valence-electron chi connectivity index (χ1n) is 24.3. The third-order valence-corrected chi connectivity index (χ3v) is 14.0. The molecule has 0 spiro atoms. The van der Waals surface area contributed by atoms with Gasteiger partial charge in [-0.05, 0) is 105 Å². The van der Waals surface area contributed by atoms with Gasteiger partial charge in [-0.2, -0.15) is 0 Å². The number of carboxylic acids is 1. The molecule has 0 saturated carbocycles. The molecular formula is C55H74N4O8. The number of ketones is 1. The Morgan fingerprint density at radius 2 is 1.54 bits per heavy atom. The molecule has 362 valence electrons. The number of aliphatic imine (C=N–C) groups is 3. The molecule has 12 nitrogen and oxygen atoms in total. The number of nitrogens with zero attached hydrogens (tertiary/aromatic N) is 3. The molecule has 5 rings (SSSR count). The van der Waals surface area contributed by atoms with Crippen LogP contribution in [0.2, 0.25) is 0 Å². The van der Waals surface area contributed by atoms with Gasteiger partial charge in [0.05, 0.1) is 51.6 Å². The van der Waals surface area contributed by atoms with Crippen molar-refractivity contribution in [3.05, 3.63) is 116 Å². The number of aliphatic carboxylic acids is 1. The van der Waals surface area contributed by atoms with E-state index in [2.05, 4.69) is 46.5 Å². The summed E-state index contributed by atoms with van der Waals surface area (Å²) in [5, 5.41) is 48.1. The second-order valence-electron chi connectivity index (χ2n) is 19.6. The summed E-state index contributed by atoms with van der Waals surface area (Å²) in [5.41, 5.74) is 5.84. The Morgan fingerprint density at radius 3 is 2.13 bits per heavy atom. The summed E-state index contributed by atoms with van der Waals surface area (Å²) in [6.45, 7) is 23.8. The van der Waals surface area contributed by atoms with Gasteiger partial charge in [-0.25, -0.2) is 19.8 Å². The SMILES string of the molecule is C=CC1=C(C)C2=NC1=CC1=NC(=C(CC)/C1=C/O)C=C1N=C(C(C(=O)O)=C1C)C(C(O)(O)C(C)=O)=C1NC(=C2)[C@H](C)[C@H]1CCC(=O)OC/C=C(\C)CCC[C@H](C)CCC[C@H](C)CCCC(C)C. The number of carbonyl (C=O) groups is 3. The van der Waals surface area contributed by atoms with Crippen molar-refractivity contribution >= 4 is 34.9 Å². The fraction of sp³-hybridized carbons (Fsp3) is 0.527. The van der Waals surface area contributed by atoms with E-state index < -0.39 is 40.9 Å². The van der Waals surface area contributed by atoms with Gasteiger partial charge in [0.1, 0.15) is 6.61 Å². The van der Waals surface area contributed by atoms with Crippen molar-refractivity contribution in [3.8, 4) is 0 Å². The molecule has 5 aliphatic heterocycles. The van der Waals surface area contributed by atoms with E-state index in [9.17, 15) is 34.8 Å². The number of hydrogen-bond donors (Lipinski definition) is 5. The van der Waals surface area contributed by atoms with Gasteiger partial charge >= 0.3 is 11.9 Å². The fourth-order valence-corrected chi connectivity index (χ4v) is 9.69. The highest BCUT2D eigenvalue weighted by Crippen LogP contribution is 2.44. The van der Waals surface area contributed by atoms with Crippen LogP contribution in [0.1, 0.15) is 146 Å². The van der Waals surface area contributed by atoms with Crippen LogP contribution >= 0.6 is 0 Å². The number of aliphatic hydroxyl groups is 3. The topological polar surface area (TPSA) is 190 Å². The minimum absolute atomic E-state index is 0.0497. The van der Waals surface area contributed by atoms with Crippen molar-refractivity contribution in [3.63, 3.8) is 0 Å². The predicted octanol–water partition coefficient (Wildman–Crippen LogP) is 11.1. The average Bonchev–Trinajstić information content (AvgIpc) is 3.95. The van der Waals surface area contributed by atoms with Crippen molar-refractivity contribution in [2.24, 2.45) is 44.6 Å². The van der Waals surface area contributed by atoms with E-state index in [4.69, 9.17) is 19.7 Å². The molecule has 5 N–H and O–H groups in total. The van der Waals surface area contributed by atoms with Crippen molar-refractivity contribution in [2.45, 2.75) is 152 Å². The van der Waals surface area contributed by atoms with Gasteiger partial charge in [0.2, 0.25) is 0 Å². The van der Waals surface area contributed by atoms with Crippen LogP contribution in [0.3, 0.4) is 0 Å². The minimum Gasteiger partial charge on any atom is -0.515 e. The van der Waals surface area contributed by atoms with Gasteiger partial charge in [-0.1, -0.05) is 105 Å². The molecule has 12 heteroatoms. The average molecular weight is 919 g/mol. The van der Waals surface area contributed by atoms with Crippen LogP contribution in [0.5, 0.6) is 0 Å². The molecule has 0 aromatic heterocycles. The summed E-state index contributed by atoms with van der Waals surface area (Å²) in [6, 6.07) is 0. The Balaban J connectivity index is 1.42. The number of carboxylic acid groups (broad SMARTS) is 1. The molecule has 0 aromatic carbocycles. The van der Waals surface area contributed by atoms with Crippen LogP contribution < -0.4 is 5.32 Å². The first kappa shape index (κ1) is 52.5. The van der Waals surface area contributed by atoms with E-state index in [1.807, 2.05) is 32.9 Å². The molecule has 5 heterocycles. The van der Waals surface area contributed by atoms with Gasteiger partial charge < -0.3 is 30.5 Å². The maximum atomic E-state index is 13.4. The van der Waals surface area contributed by atoms with Gasteiger partial charge in [0.25, 0.3) is 5.79 Å². The summed E-state index contributed by atoms with van der Waals surface area (Å²) in [7, 11) is 0. The number of esters is 1. The summed E-state index contributed by atoms with van der Waals surface area (Å²) in [5.74, 6) is -4.96. The number of fused-ring (bicyclic) bond motifs is 5. The number of ether oxygens (including phenoxy) is 1. The molecule has 1 fully saturated rings. The summed E-state index contributed by atoms with van der Waals surface area (Å²) < 4.78 is 5.71. The maximum Gasteiger partial charge on any atom is 0.338 e. The van der Waals surface area contributed by atoms with Crippen LogP contribution in [-0.4, -0.2) is 67.7 Å². The summed E-state index contributed by atoms with van der Waals surface area (Å²) in [4.78, 5) is 54.3. The number of aliphatic hydroxyl groups excluding tert-OH is 1. The molecule has 67 heavy (non-hydrogen) atoms. The third-order valence-electron chi connectivity index (χ3n) is 14.0. The normalized spacial score (nSPS) is 21.3. The zero-order chi connectivity index (χ0) is 49.3. The summed E-state index contributed by atoms with van der Waals surface area (Å²) >= 11 is 0. The molecule has 0 unspecified atom stereocenters. The fourth-order valence-electron chi connectivity index (χ4n) is 9.69. The first-order chi connectivity index (χ1) is 31.7. The molecular weight excluding hydrogens is 845 g/mol. The molecule has 8 bridgehead atoms. The van der Waals surface area contributed by atoms with Crippen molar-refractivity contribution in [2.75, 3.05) is 6.61 Å². The Hall–Kier alpha value is -5.46. The quantitative estimate of drug-likeness (QED) is 0.0304. The number of carbonyl (C=O) groups excluding carboxylic acids is 2. The predicted molar refractivity (Wildman–Crippen MR) is 267 cm³/mol. The van der Waals surface area contributed by atoms with Crippen LogP contribution in [-0.2, 0) is 19.1 Å². The largest absolute Gasteiger partial charge is 0.515 e. The van der Waals surface area contributed by atoms with E-state index in [-0.39, 0.29) is 47.7 Å². The lowest BCUT2D eigenvalue weighted by molar-refractivity contribution is -0.165. The Bertz CT molecular complexity index is 2390. The van der Waals surface area contributed by atoms with Crippen molar-refractivity contribution < 1.29 is 39.5 Å². The lowest BCUT2D eigenvalue weighted by Gasteiger charge is -2.27. The van der Waals surface area contributed by atoms with Crippen LogP contribution in [0.25, 0.3) is 0 Å². The molecule has 1 saturated heterocycles. The molecule has 4 atom stereocenters. The van der Waals surface area contributed by atoms with Gasteiger partial charge in [-0.3, -0.25) is 9.59 Å². The highest BCUT2D eigenvalue weighted by Gasteiger charge is 2.48. The third kappa shape index (κ3) is 12.4. The number of allylic oxidation sites excluding steroid dienone is 11. The first-order valence-corrected chi connectivity index (χ1v) is 24.3. The van der Waals surface area contributed by atoms with E-state index in [1.54, 1.807) is 25.2 Å². The van der Waals surface area contributed by atoms with Crippen molar-refractivity contribution in [1.82, 2.24) is 5.32 Å². The van der Waals surface area contributed by atoms with E-state index >= 15 is 0 Å². The van der Waals surface area contributed by atoms with Crippen molar-refractivity contribution in [1.29, 1.82) is 0 Å². The highest BCUT2D eigenvalue weighted by atomic mass is 16.5. The van der Waals surface area contributed by atoms with Gasteiger partial charge in [0.15, 0.2) is 5.78 Å². The van der Waals surface area contributed by atoms with E-state index in [1.165, 1.54) is 38.5 Å². The lowest BCUT2D eigenvalue weighted by Crippen LogP contribution is -2.44. The standard InChI is InChI=1S/C55H74N4O8/c1-12-39-35(8)43-27-44-36(9)41(23-24-49(62)67-26-25-34(7)22-16-21-33(6)20-15-19-32(5)18-14-17-31(3)4)52(58-44)51(55(65,66)38(11)61)53-50(54(63)64)37(10)45(59-53)28-47-40(13-2)42(30-60)48(57-47)29-46(39)56-43/h12,25,27-33,36,41,58,60,65-66H,1,13-24,26H2,2-11H3,(H,63,64)/b34-25+,42-30-,44-27?,45-28?,46-29?,52-51?/t32-,33-,36-,41-/m1/s1. The summed E-state index contributed by atoms with van der Waals surface area (Å²) in [6.07, 6.45) is 21.3. The van der Waals surface area contributed by atoms with E-state index in [0.29, 0.717) is 52.0 Å². The monoisotopic (exact) mass is 919 g/mol. The number of rotatable bonds is 22. The van der Waals surface area contributed by atoms with E-state index in [0.717, 1.165) is 61.0 Å². The Kier molecular flexibility index (Phi) is 18.0. The molecule has 0 aromatic rings. The van der Waals surface area contributed by atoms with Gasteiger partial charge in [-0.15, -0.1) is 0 Å². The zero-order valence-corrected chi connectivity index (χ0v) is 41.5. The Labute approximate surface area is 398 Å². The lowest BCUT2D eigenvalue weighted by atomic mass is 9.82. The van der Waals surface area contributed by atoms with Crippen LogP contribution in [0.15, 0.2) is 131 Å². The smallest absolute Gasteiger partial charge is 0.338 e.